The van der Waals surface area contributed by atoms with E-state index in [0.717, 1.165) is 40.7 Å². The number of nitrogens with one attached hydrogen (secondary N) is 1. The monoisotopic (exact) mass is 533 g/mol. The molecule has 6 nitrogen and oxygen atoms in total. The molecule has 5 aromatic rings. The number of fused-ring (bicyclic) bond motifs is 1. The molecule has 0 unspecified atom stereocenters. The smallest absolute Gasteiger partial charge is 0.255 e. The number of carbonyl (C=O) groups excluding carboxylic acids is 2. The molecule has 0 radical (unpaired) electrons. The molecule has 1 aliphatic carbocycles. The highest BCUT2D eigenvalue weighted by molar-refractivity contribution is 6.12. The summed E-state index contributed by atoms with van der Waals surface area (Å²) in [5, 5.41) is 11.2. The average molecular weight is 534 g/mol. The topological polar surface area (TPSA) is 85.1 Å². The van der Waals surface area contributed by atoms with E-state index < -0.39 is 0 Å². The van der Waals surface area contributed by atoms with Gasteiger partial charge >= 0.3 is 0 Å². The molecule has 0 aliphatic heterocycles. The summed E-state index contributed by atoms with van der Waals surface area (Å²) in [6.45, 7) is 3.99. The molecule has 6 rings (SSSR count). The molecule has 0 spiro atoms. The van der Waals surface area contributed by atoms with Gasteiger partial charge in [-0.3, -0.25) is 9.59 Å². The van der Waals surface area contributed by atoms with Crippen LogP contribution >= 0.6 is 0 Å². The molecule has 0 saturated heterocycles. The van der Waals surface area contributed by atoms with Crippen LogP contribution in [0.3, 0.4) is 0 Å². The number of rotatable bonds is 7. The first-order valence-corrected chi connectivity index (χ1v) is 13.3. The van der Waals surface area contributed by atoms with Crippen molar-refractivity contribution in [3.8, 4) is 22.5 Å². The second kappa shape index (κ2) is 9.83. The number of halogens is 1. The van der Waals surface area contributed by atoms with E-state index in [0.29, 0.717) is 39.8 Å². The number of Topliss-reactive ketones (excluding diaryl/α,β-unsaturated/α-hetero) is 1. The van der Waals surface area contributed by atoms with Gasteiger partial charge in [0, 0.05) is 41.6 Å². The lowest BCUT2D eigenvalue weighted by atomic mass is 9.86. The maximum absolute atomic E-state index is 13.6. The lowest BCUT2D eigenvalue weighted by Gasteiger charge is -2.17. The Morgan fingerprint density at radius 1 is 0.950 bits per heavy atom. The van der Waals surface area contributed by atoms with E-state index in [1.165, 1.54) is 12.1 Å². The maximum atomic E-state index is 13.6. The summed E-state index contributed by atoms with van der Waals surface area (Å²) in [5.74, 6) is -0.189. The molecule has 7 heteroatoms. The number of carbonyl (C=O) groups is 2. The summed E-state index contributed by atoms with van der Waals surface area (Å²) < 4.78 is 19.7. The Bertz CT molecular complexity index is 1770. The number of hydrogen-bond acceptors (Lipinski definition) is 5. The normalized spacial score (nSPS) is 13.8. The molecule has 0 bridgehead atoms. The van der Waals surface area contributed by atoms with Gasteiger partial charge in [-0.2, -0.15) is 10.2 Å². The third-order valence-corrected chi connectivity index (χ3v) is 7.98. The van der Waals surface area contributed by atoms with Gasteiger partial charge in [0.2, 0.25) is 0 Å². The summed E-state index contributed by atoms with van der Waals surface area (Å²) in [6, 6.07) is 17.5. The van der Waals surface area contributed by atoms with E-state index in [9.17, 15) is 14.0 Å². The molecule has 2 heterocycles. The van der Waals surface area contributed by atoms with Crippen molar-refractivity contribution < 1.29 is 18.4 Å². The minimum Gasteiger partial charge on any atom is -0.455 e. The fourth-order valence-electron chi connectivity index (χ4n) is 5.61. The van der Waals surface area contributed by atoms with Gasteiger partial charge in [-0.05, 0) is 103 Å². The number of ketones is 1. The van der Waals surface area contributed by atoms with Crippen LogP contribution in [0.4, 0.5) is 4.39 Å². The van der Waals surface area contributed by atoms with Crippen molar-refractivity contribution in [2.75, 3.05) is 7.05 Å². The van der Waals surface area contributed by atoms with Gasteiger partial charge in [-0.25, -0.2) is 4.39 Å². The summed E-state index contributed by atoms with van der Waals surface area (Å²) in [4.78, 5) is 26.6. The van der Waals surface area contributed by atoms with Crippen molar-refractivity contribution >= 4 is 22.7 Å². The maximum Gasteiger partial charge on any atom is 0.255 e. The fraction of sp³-hybridized carbons (Fsp3) is 0.212. The van der Waals surface area contributed by atoms with Crippen LogP contribution in [0.2, 0.25) is 0 Å². The van der Waals surface area contributed by atoms with Gasteiger partial charge in [-0.1, -0.05) is 12.1 Å². The lowest BCUT2D eigenvalue weighted by Crippen LogP contribution is -2.18. The molecule has 200 valence electrons. The Labute approximate surface area is 231 Å². The van der Waals surface area contributed by atoms with Crippen LogP contribution in [0.5, 0.6) is 0 Å². The minimum atomic E-state index is -0.367. The Morgan fingerprint density at radius 3 is 2.38 bits per heavy atom. The molecule has 1 aliphatic rings. The van der Waals surface area contributed by atoms with E-state index in [1.807, 2.05) is 50.2 Å². The second-order valence-electron chi connectivity index (χ2n) is 10.6. The molecule has 1 saturated carbocycles. The highest BCUT2D eigenvalue weighted by Crippen LogP contribution is 2.51. The highest BCUT2D eigenvalue weighted by Gasteiger charge is 2.46. The van der Waals surface area contributed by atoms with Crippen LogP contribution in [0.1, 0.15) is 56.7 Å². The first-order valence-electron chi connectivity index (χ1n) is 13.3. The zero-order valence-corrected chi connectivity index (χ0v) is 22.5. The van der Waals surface area contributed by atoms with Crippen molar-refractivity contribution in [3.63, 3.8) is 0 Å². The quantitative estimate of drug-likeness (QED) is 0.228. The van der Waals surface area contributed by atoms with Gasteiger partial charge in [0.05, 0.1) is 11.8 Å². The number of hydrogen-bond donors (Lipinski definition) is 1. The summed E-state index contributed by atoms with van der Waals surface area (Å²) in [6.07, 6.45) is 5.77. The van der Waals surface area contributed by atoms with Crippen molar-refractivity contribution in [3.05, 3.63) is 107 Å². The van der Waals surface area contributed by atoms with Gasteiger partial charge in [0.1, 0.15) is 17.2 Å². The Hall–Kier alpha value is -4.65. The summed E-state index contributed by atoms with van der Waals surface area (Å²) in [5.41, 5.74) is 6.87. The molecule has 1 N–H and O–H groups in total. The number of nitrogens with zero attached hydrogens (tertiary/aromatic N) is 2. The highest BCUT2D eigenvalue weighted by atomic mass is 19.1. The molecule has 3 aromatic carbocycles. The third-order valence-electron chi connectivity index (χ3n) is 7.98. The molecule has 1 fully saturated rings. The lowest BCUT2D eigenvalue weighted by molar-refractivity contribution is 0.0958. The first kappa shape index (κ1) is 25.6. The number of benzene rings is 3. The van der Waals surface area contributed by atoms with E-state index in [-0.39, 0.29) is 22.9 Å². The molecular formula is C33H28FN3O3. The number of aromatic nitrogens is 2. The first-order chi connectivity index (χ1) is 19.3. The van der Waals surface area contributed by atoms with Crippen molar-refractivity contribution in [2.24, 2.45) is 0 Å². The van der Waals surface area contributed by atoms with Crippen LogP contribution < -0.4 is 5.32 Å². The molecule has 0 atom stereocenters. The van der Waals surface area contributed by atoms with Gasteiger partial charge in [0.25, 0.3) is 5.91 Å². The Balaban J connectivity index is 1.41. The fourth-order valence-corrected chi connectivity index (χ4v) is 5.61. The largest absolute Gasteiger partial charge is 0.455 e. The Kier molecular flexibility index (Phi) is 6.29. The van der Waals surface area contributed by atoms with E-state index in [4.69, 9.17) is 4.42 Å². The zero-order valence-electron chi connectivity index (χ0n) is 22.5. The van der Waals surface area contributed by atoms with Gasteiger partial charge < -0.3 is 9.73 Å². The van der Waals surface area contributed by atoms with Gasteiger partial charge in [0.15, 0.2) is 5.78 Å². The minimum absolute atomic E-state index is 0.0992. The van der Waals surface area contributed by atoms with Crippen molar-refractivity contribution in [1.29, 1.82) is 0 Å². The zero-order chi connectivity index (χ0) is 28.0. The predicted molar refractivity (Wildman–Crippen MR) is 152 cm³/mol. The van der Waals surface area contributed by atoms with E-state index in [2.05, 4.69) is 15.5 Å². The van der Waals surface area contributed by atoms with Crippen LogP contribution in [0.25, 0.3) is 33.4 Å². The number of furan rings is 1. The van der Waals surface area contributed by atoms with Crippen molar-refractivity contribution in [1.82, 2.24) is 15.5 Å². The summed E-state index contributed by atoms with van der Waals surface area (Å²) >= 11 is 0. The molecule has 1 amide bonds. The van der Waals surface area contributed by atoms with Crippen LogP contribution in [0, 0.1) is 19.7 Å². The molecular weight excluding hydrogens is 505 g/mol. The van der Waals surface area contributed by atoms with Crippen LogP contribution in [-0.2, 0) is 5.41 Å². The number of amides is 1. The molecule has 40 heavy (non-hydrogen) atoms. The van der Waals surface area contributed by atoms with E-state index in [1.54, 1.807) is 31.6 Å². The summed E-state index contributed by atoms with van der Waals surface area (Å²) in [7, 11) is 1.57. The Morgan fingerprint density at radius 2 is 1.70 bits per heavy atom. The second-order valence-corrected chi connectivity index (χ2v) is 10.6. The third kappa shape index (κ3) is 4.47. The van der Waals surface area contributed by atoms with Crippen molar-refractivity contribution in [2.45, 2.75) is 38.5 Å². The predicted octanol–water partition coefficient (Wildman–Crippen LogP) is 6.98. The van der Waals surface area contributed by atoms with E-state index >= 15 is 0 Å². The molecule has 2 aromatic heterocycles. The van der Waals surface area contributed by atoms with Crippen LogP contribution in [-0.4, -0.2) is 28.9 Å². The van der Waals surface area contributed by atoms with Crippen LogP contribution in [0.15, 0.2) is 77.5 Å². The standard InChI is InChI=1S/C33H28FN3O3/c1-19-14-20(2)26(28(38)17-33(11-12-33)23-10-13-36-37-18-23)16-25(19)22-6-9-29-27(15-22)30(32(39)35-3)31(40-29)21-4-7-24(34)8-5-21/h4-10,13-16,18H,11-12,17H2,1-3H3,(H,35,39). The average Bonchev–Trinajstić information content (AvgIpc) is 3.64. The van der Waals surface area contributed by atoms with Gasteiger partial charge in [-0.15, -0.1) is 0 Å². The number of aryl methyl sites for hydroxylation is 2. The SMILES string of the molecule is CNC(=O)c1c(-c2ccc(F)cc2)oc2ccc(-c3cc(C(=O)CC4(c5ccnnc5)CC4)c(C)cc3C)cc12.